The van der Waals surface area contributed by atoms with Crippen LogP contribution in [0.15, 0.2) is 5.38 Å². The van der Waals surface area contributed by atoms with Crippen molar-refractivity contribution in [3.63, 3.8) is 0 Å². The number of rotatable bonds is 7. The molecule has 2 rings (SSSR count). The molecule has 1 aliphatic heterocycles. The van der Waals surface area contributed by atoms with E-state index in [1.807, 2.05) is 24.5 Å². The third-order valence-corrected chi connectivity index (χ3v) is 4.93. The Morgan fingerprint density at radius 1 is 1.42 bits per heavy atom. The average molecular weight is 383 g/mol. The number of aromatic nitrogens is 1. The molecule has 0 spiro atoms. The van der Waals surface area contributed by atoms with Gasteiger partial charge in [0, 0.05) is 24.8 Å². The van der Waals surface area contributed by atoms with Gasteiger partial charge in [-0.05, 0) is 0 Å². The second kappa shape index (κ2) is 8.13. The molecule has 0 bridgehead atoms. The van der Waals surface area contributed by atoms with Crippen molar-refractivity contribution in [2.45, 2.75) is 44.8 Å². The zero-order valence-electron chi connectivity index (χ0n) is 14.6. The average Bonchev–Trinajstić information content (AvgIpc) is 3.13. The van der Waals surface area contributed by atoms with Crippen molar-refractivity contribution < 1.29 is 24.3 Å². The van der Waals surface area contributed by atoms with Crippen LogP contribution >= 0.6 is 11.3 Å². The van der Waals surface area contributed by atoms with Crippen LogP contribution in [0.1, 0.15) is 36.9 Å². The standard InChI is InChI=1S/C15H21N5O5S/c1-7(2)12-16-8(6-26-12)5-20(3)15(25)18-10(13(22)23)4-9-11(21)19-14(24)17-9/h6-7,9-10H,4-5H2,1-3H3,(H,18,25)(H,22,23)(H2,17,19,21,24)/t9?,10-/m0/s1. The van der Waals surface area contributed by atoms with Gasteiger partial charge in [-0.2, -0.15) is 0 Å². The number of aliphatic carboxylic acids is 1. The van der Waals surface area contributed by atoms with Gasteiger partial charge >= 0.3 is 18.0 Å². The predicted octanol–water partition coefficient (Wildman–Crippen LogP) is 0.459. The summed E-state index contributed by atoms with van der Waals surface area (Å²) in [7, 11) is 1.52. The van der Waals surface area contributed by atoms with E-state index in [0.29, 0.717) is 5.69 Å². The largest absolute Gasteiger partial charge is 0.480 e. The third kappa shape index (κ3) is 4.91. The first kappa shape index (κ1) is 19.6. The molecule has 142 valence electrons. The first-order chi connectivity index (χ1) is 12.2. The van der Waals surface area contributed by atoms with E-state index in [-0.39, 0.29) is 18.9 Å². The van der Waals surface area contributed by atoms with Crippen LogP contribution < -0.4 is 16.0 Å². The zero-order chi connectivity index (χ0) is 19.4. The highest BCUT2D eigenvalue weighted by Crippen LogP contribution is 2.19. The topological polar surface area (TPSA) is 141 Å². The quantitative estimate of drug-likeness (QED) is 0.504. The molecule has 1 unspecified atom stereocenters. The van der Waals surface area contributed by atoms with E-state index in [4.69, 9.17) is 0 Å². The summed E-state index contributed by atoms with van der Waals surface area (Å²) < 4.78 is 0. The van der Waals surface area contributed by atoms with E-state index in [2.05, 4.69) is 15.6 Å². The first-order valence-electron chi connectivity index (χ1n) is 7.97. The van der Waals surface area contributed by atoms with Crippen LogP contribution in [0.2, 0.25) is 0 Å². The molecule has 1 saturated heterocycles. The van der Waals surface area contributed by atoms with Crippen LogP contribution in [0.5, 0.6) is 0 Å². The minimum absolute atomic E-state index is 0.224. The molecular formula is C15H21N5O5S. The van der Waals surface area contributed by atoms with Crippen molar-refractivity contribution >= 4 is 35.3 Å². The summed E-state index contributed by atoms with van der Waals surface area (Å²) in [4.78, 5) is 52.0. The Bertz CT molecular complexity index is 719. The van der Waals surface area contributed by atoms with Gasteiger partial charge < -0.3 is 20.6 Å². The number of urea groups is 2. The number of hydrogen-bond donors (Lipinski definition) is 4. The maximum Gasteiger partial charge on any atom is 0.326 e. The molecule has 1 fully saturated rings. The summed E-state index contributed by atoms with van der Waals surface area (Å²) >= 11 is 1.50. The Morgan fingerprint density at radius 3 is 2.62 bits per heavy atom. The number of nitrogens with one attached hydrogen (secondary N) is 3. The lowest BCUT2D eigenvalue weighted by atomic mass is 10.1. The number of carboxylic acids is 1. The number of thiazole rings is 1. The third-order valence-electron chi connectivity index (χ3n) is 3.74. The van der Waals surface area contributed by atoms with E-state index in [9.17, 15) is 24.3 Å². The summed E-state index contributed by atoms with van der Waals surface area (Å²) in [5.41, 5.74) is 0.714. The highest BCUT2D eigenvalue weighted by Gasteiger charge is 2.34. The van der Waals surface area contributed by atoms with Crippen molar-refractivity contribution in [2.24, 2.45) is 0 Å². The van der Waals surface area contributed by atoms with Gasteiger partial charge in [0.2, 0.25) is 0 Å². The molecule has 1 aliphatic rings. The van der Waals surface area contributed by atoms with Gasteiger partial charge in [0.05, 0.1) is 17.2 Å². The number of amides is 5. The van der Waals surface area contributed by atoms with Gasteiger partial charge in [0.15, 0.2) is 0 Å². The van der Waals surface area contributed by atoms with Crippen LogP contribution in [0.25, 0.3) is 0 Å². The Kier molecular flexibility index (Phi) is 6.14. The summed E-state index contributed by atoms with van der Waals surface area (Å²) in [6.07, 6.45) is -0.249. The highest BCUT2D eigenvalue weighted by molar-refractivity contribution is 7.09. The Hall–Kier alpha value is -2.69. The Balaban J connectivity index is 1.94. The molecule has 4 N–H and O–H groups in total. The number of carbonyl (C=O) groups excluding carboxylic acids is 3. The second-order valence-electron chi connectivity index (χ2n) is 6.28. The number of carbonyl (C=O) groups is 4. The lowest BCUT2D eigenvalue weighted by Gasteiger charge is -2.22. The molecule has 2 atom stereocenters. The highest BCUT2D eigenvalue weighted by atomic mass is 32.1. The molecule has 0 radical (unpaired) electrons. The smallest absolute Gasteiger partial charge is 0.326 e. The number of hydrogen-bond acceptors (Lipinski definition) is 6. The summed E-state index contributed by atoms with van der Waals surface area (Å²) in [5, 5.41) is 18.8. The maximum atomic E-state index is 12.3. The summed E-state index contributed by atoms with van der Waals surface area (Å²) in [6, 6.07) is -3.61. The van der Waals surface area contributed by atoms with Crippen LogP contribution in [0, 0.1) is 0 Å². The molecule has 26 heavy (non-hydrogen) atoms. The first-order valence-corrected chi connectivity index (χ1v) is 8.85. The van der Waals surface area contributed by atoms with Crippen molar-refractivity contribution in [3.8, 4) is 0 Å². The molecule has 1 aromatic heterocycles. The Labute approximate surface area is 154 Å². The van der Waals surface area contributed by atoms with Crippen LogP contribution in [0.3, 0.4) is 0 Å². The van der Waals surface area contributed by atoms with Gasteiger partial charge in [-0.15, -0.1) is 11.3 Å². The van der Waals surface area contributed by atoms with E-state index in [0.717, 1.165) is 5.01 Å². The SMILES string of the molecule is CC(C)c1nc(CN(C)C(=O)N[C@@H](CC2NC(=O)NC2=O)C(=O)O)cs1. The van der Waals surface area contributed by atoms with E-state index in [1.54, 1.807) is 0 Å². The fourth-order valence-electron chi connectivity index (χ4n) is 2.32. The van der Waals surface area contributed by atoms with E-state index in [1.165, 1.54) is 23.3 Å². The second-order valence-corrected chi connectivity index (χ2v) is 7.17. The van der Waals surface area contributed by atoms with Crippen molar-refractivity contribution in [1.82, 2.24) is 25.8 Å². The minimum Gasteiger partial charge on any atom is -0.480 e. The van der Waals surface area contributed by atoms with Crippen molar-refractivity contribution in [3.05, 3.63) is 16.1 Å². The lowest BCUT2D eigenvalue weighted by Crippen LogP contribution is -2.49. The zero-order valence-corrected chi connectivity index (χ0v) is 15.4. The van der Waals surface area contributed by atoms with Gasteiger partial charge in [-0.1, -0.05) is 13.8 Å². The molecular weight excluding hydrogens is 362 g/mol. The molecule has 5 amide bonds. The summed E-state index contributed by atoms with van der Waals surface area (Å²) in [6.45, 7) is 4.27. The van der Waals surface area contributed by atoms with Gasteiger partial charge in [-0.25, -0.2) is 19.4 Å². The monoisotopic (exact) mass is 383 g/mol. The summed E-state index contributed by atoms with van der Waals surface area (Å²) in [5.74, 6) is -1.62. The predicted molar refractivity (Wildman–Crippen MR) is 92.7 cm³/mol. The molecule has 2 heterocycles. The normalized spacial score (nSPS) is 17.6. The number of carboxylic acid groups (broad SMARTS) is 1. The van der Waals surface area contributed by atoms with Crippen molar-refractivity contribution in [2.75, 3.05) is 7.05 Å². The molecule has 0 aliphatic carbocycles. The van der Waals surface area contributed by atoms with Crippen LogP contribution in [0.4, 0.5) is 9.59 Å². The Morgan fingerprint density at radius 2 is 2.12 bits per heavy atom. The number of imide groups is 1. The van der Waals surface area contributed by atoms with Crippen molar-refractivity contribution in [1.29, 1.82) is 0 Å². The van der Waals surface area contributed by atoms with E-state index >= 15 is 0 Å². The molecule has 10 nitrogen and oxygen atoms in total. The molecule has 0 aromatic carbocycles. The van der Waals surface area contributed by atoms with Gasteiger partial charge in [0.1, 0.15) is 12.1 Å². The fraction of sp³-hybridized carbons (Fsp3) is 0.533. The molecule has 0 saturated carbocycles. The van der Waals surface area contributed by atoms with Gasteiger partial charge in [0.25, 0.3) is 5.91 Å². The molecule has 1 aromatic rings. The fourth-order valence-corrected chi connectivity index (χ4v) is 3.14. The van der Waals surface area contributed by atoms with E-state index < -0.39 is 36.0 Å². The van der Waals surface area contributed by atoms with Crippen LogP contribution in [-0.2, 0) is 16.1 Å². The van der Waals surface area contributed by atoms with Crippen LogP contribution in [-0.4, -0.2) is 58.1 Å². The minimum atomic E-state index is -1.32. The molecule has 11 heteroatoms. The van der Waals surface area contributed by atoms with Gasteiger partial charge in [-0.3, -0.25) is 10.1 Å². The number of nitrogens with zero attached hydrogens (tertiary/aromatic N) is 2. The lowest BCUT2D eigenvalue weighted by molar-refractivity contribution is -0.139. The maximum absolute atomic E-state index is 12.3.